The molecule has 0 unspecified atom stereocenters. The second kappa shape index (κ2) is 13.5. The zero-order valence-electron chi connectivity index (χ0n) is 34.0. The van der Waals surface area contributed by atoms with Crippen LogP contribution >= 0.6 is 0 Å². The van der Waals surface area contributed by atoms with Crippen LogP contribution in [-0.2, 0) is 5.41 Å². The van der Waals surface area contributed by atoms with Crippen LogP contribution in [0, 0.1) is 0 Å². The molecule has 0 bridgehead atoms. The lowest BCUT2D eigenvalue weighted by molar-refractivity contribution is 0.753. The Kier molecular flexibility index (Phi) is 7.59. The molecule has 0 aromatic heterocycles. The summed E-state index contributed by atoms with van der Waals surface area (Å²) in [6, 6.07) is 88.1. The van der Waals surface area contributed by atoms with Crippen molar-refractivity contribution in [2.75, 3.05) is 4.90 Å². The van der Waals surface area contributed by atoms with E-state index in [1.165, 1.54) is 116 Å². The SMILES string of the molecule is c1ccc(-c2ccc3c(c2)C2(c4cc(-c5ccccc5)ccc4-3)c3ccccc3N(c3c4ccccc4c(-c4cccc5ccccc45)c4ccccc34)c3ccccc32)cc1. The molecule has 0 fully saturated rings. The monoisotopic (exact) mass is 785 g/mol. The van der Waals surface area contributed by atoms with Crippen molar-refractivity contribution in [2.45, 2.75) is 5.41 Å². The van der Waals surface area contributed by atoms with Crippen molar-refractivity contribution in [1.29, 1.82) is 0 Å². The predicted molar refractivity (Wildman–Crippen MR) is 261 cm³/mol. The number of benzene rings is 11. The van der Waals surface area contributed by atoms with E-state index >= 15 is 0 Å². The first kappa shape index (κ1) is 34.8. The summed E-state index contributed by atoms with van der Waals surface area (Å²) in [4.78, 5) is 2.59. The number of para-hydroxylation sites is 2. The minimum Gasteiger partial charge on any atom is -0.309 e. The van der Waals surface area contributed by atoms with Crippen molar-refractivity contribution in [3.05, 3.63) is 259 Å². The van der Waals surface area contributed by atoms with E-state index in [0.29, 0.717) is 0 Å². The Bertz CT molecular complexity index is 3380. The molecule has 11 aromatic carbocycles. The first-order valence-corrected chi connectivity index (χ1v) is 21.6. The topological polar surface area (TPSA) is 3.24 Å². The van der Waals surface area contributed by atoms with E-state index in [2.05, 4.69) is 241 Å². The van der Waals surface area contributed by atoms with Gasteiger partial charge in [-0.1, -0.05) is 212 Å². The van der Waals surface area contributed by atoms with Gasteiger partial charge < -0.3 is 4.90 Å². The molecule has 1 spiro atoms. The summed E-state index contributed by atoms with van der Waals surface area (Å²) >= 11 is 0. The van der Waals surface area contributed by atoms with Crippen LogP contribution in [0.15, 0.2) is 237 Å². The van der Waals surface area contributed by atoms with Gasteiger partial charge in [-0.05, 0) is 113 Å². The molecule has 62 heavy (non-hydrogen) atoms. The highest BCUT2D eigenvalue weighted by atomic mass is 15.2. The summed E-state index contributed by atoms with van der Waals surface area (Å²) < 4.78 is 0. The van der Waals surface area contributed by atoms with Crippen LogP contribution in [0.3, 0.4) is 0 Å². The summed E-state index contributed by atoms with van der Waals surface area (Å²) in [6.07, 6.45) is 0. The zero-order chi connectivity index (χ0) is 40.8. The highest BCUT2D eigenvalue weighted by Gasteiger charge is 2.52. The van der Waals surface area contributed by atoms with Crippen molar-refractivity contribution in [2.24, 2.45) is 0 Å². The van der Waals surface area contributed by atoms with Gasteiger partial charge in [0.05, 0.1) is 22.5 Å². The molecule has 1 aliphatic carbocycles. The second-order valence-electron chi connectivity index (χ2n) is 16.7. The number of hydrogen-bond donors (Lipinski definition) is 0. The van der Waals surface area contributed by atoms with Gasteiger partial charge in [-0.15, -0.1) is 0 Å². The van der Waals surface area contributed by atoms with Crippen molar-refractivity contribution in [3.63, 3.8) is 0 Å². The third kappa shape index (κ3) is 4.85. The molecule has 11 aromatic rings. The first-order valence-electron chi connectivity index (χ1n) is 21.6. The van der Waals surface area contributed by atoms with E-state index in [9.17, 15) is 0 Å². The van der Waals surface area contributed by atoms with E-state index < -0.39 is 5.41 Å². The van der Waals surface area contributed by atoms with Crippen LogP contribution in [0.5, 0.6) is 0 Å². The Morgan fingerprint density at radius 1 is 0.274 bits per heavy atom. The zero-order valence-corrected chi connectivity index (χ0v) is 34.0. The number of rotatable bonds is 4. The molecule has 0 amide bonds. The summed E-state index contributed by atoms with van der Waals surface area (Å²) in [7, 11) is 0. The molecular formula is C61H39N. The predicted octanol–water partition coefficient (Wildman–Crippen LogP) is 16.3. The van der Waals surface area contributed by atoms with E-state index in [4.69, 9.17) is 0 Å². The van der Waals surface area contributed by atoms with Gasteiger partial charge in [0, 0.05) is 10.8 Å². The summed E-state index contributed by atoms with van der Waals surface area (Å²) in [5.41, 5.74) is 18.1. The van der Waals surface area contributed by atoms with Gasteiger partial charge in [0.15, 0.2) is 0 Å². The summed E-state index contributed by atoms with van der Waals surface area (Å²) in [5.74, 6) is 0. The first-order chi connectivity index (χ1) is 30.8. The third-order valence-corrected chi connectivity index (χ3v) is 13.6. The minimum atomic E-state index is -0.599. The molecule has 0 atom stereocenters. The maximum absolute atomic E-state index is 2.59. The Balaban J connectivity index is 1.14. The smallest absolute Gasteiger partial charge is 0.0754 e. The lowest BCUT2D eigenvalue weighted by Gasteiger charge is -2.45. The average Bonchev–Trinajstić information content (AvgIpc) is 3.63. The highest BCUT2D eigenvalue weighted by molar-refractivity contribution is 6.24. The van der Waals surface area contributed by atoms with Gasteiger partial charge in [-0.25, -0.2) is 0 Å². The Labute approximate surface area is 361 Å². The standard InChI is InChI=1S/C61H39N/c1-3-18-40(19-4-1)43-34-36-46-47-37-35-44(41-20-5-2-6-21-41)39-56(47)61(55(46)38-43)53-30-13-15-32-57(53)62(58-33-16-14-31-54(58)61)60-51-27-11-9-25-49(51)59(50-26-10-12-28-52(50)60)48-29-17-23-42-22-7-8-24-45(42)48/h1-39H. The highest BCUT2D eigenvalue weighted by Crippen LogP contribution is 2.65. The summed E-state index contributed by atoms with van der Waals surface area (Å²) in [6.45, 7) is 0. The summed E-state index contributed by atoms with van der Waals surface area (Å²) in [5, 5.41) is 7.43. The molecule has 2 aliphatic rings. The fraction of sp³-hybridized carbons (Fsp3) is 0.0164. The minimum absolute atomic E-state index is 0.599. The lowest BCUT2D eigenvalue weighted by Crippen LogP contribution is -2.36. The number of fused-ring (bicyclic) bond motifs is 12. The van der Waals surface area contributed by atoms with Crippen LogP contribution < -0.4 is 4.90 Å². The van der Waals surface area contributed by atoms with E-state index in [1.807, 2.05) is 0 Å². The van der Waals surface area contributed by atoms with E-state index in [-0.39, 0.29) is 0 Å². The molecule has 288 valence electrons. The lowest BCUT2D eigenvalue weighted by atomic mass is 9.64. The maximum atomic E-state index is 2.59. The van der Waals surface area contributed by atoms with Crippen molar-refractivity contribution < 1.29 is 0 Å². The van der Waals surface area contributed by atoms with Crippen LogP contribution in [0.1, 0.15) is 22.3 Å². The van der Waals surface area contributed by atoms with Gasteiger partial charge in [0.2, 0.25) is 0 Å². The quantitative estimate of drug-likeness (QED) is 0.161. The average molecular weight is 786 g/mol. The van der Waals surface area contributed by atoms with Gasteiger partial charge in [0.25, 0.3) is 0 Å². The molecule has 13 rings (SSSR count). The van der Waals surface area contributed by atoms with Gasteiger partial charge >= 0.3 is 0 Å². The van der Waals surface area contributed by atoms with Crippen LogP contribution in [0.4, 0.5) is 17.1 Å². The van der Waals surface area contributed by atoms with Crippen molar-refractivity contribution >= 4 is 49.4 Å². The van der Waals surface area contributed by atoms with Gasteiger partial charge in [0.1, 0.15) is 0 Å². The van der Waals surface area contributed by atoms with E-state index in [0.717, 1.165) is 0 Å². The normalized spacial score (nSPS) is 13.3. The second-order valence-corrected chi connectivity index (χ2v) is 16.7. The molecule has 1 heteroatoms. The molecule has 0 radical (unpaired) electrons. The van der Waals surface area contributed by atoms with Crippen molar-refractivity contribution in [3.8, 4) is 44.5 Å². The van der Waals surface area contributed by atoms with Gasteiger partial charge in [-0.2, -0.15) is 0 Å². The van der Waals surface area contributed by atoms with Crippen LogP contribution in [0.2, 0.25) is 0 Å². The fourth-order valence-electron chi connectivity index (χ4n) is 11.1. The van der Waals surface area contributed by atoms with Gasteiger partial charge in [-0.3, -0.25) is 0 Å². The molecule has 1 aliphatic heterocycles. The third-order valence-electron chi connectivity index (χ3n) is 13.6. The van der Waals surface area contributed by atoms with E-state index in [1.54, 1.807) is 0 Å². The number of anilines is 3. The Hall–Kier alpha value is -8.00. The molecule has 0 saturated heterocycles. The van der Waals surface area contributed by atoms with Crippen molar-refractivity contribution in [1.82, 2.24) is 0 Å². The molecule has 1 heterocycles. The molecule has 1 nitrogen and oxygen atoms in total. The van der Waals surface area contributed by atoms with Crippen LogP contribution in [0.25, 0.3) is 76.8 Å². The maximum Gasteiger partial charge on any atom is 0.0754 e. The molecule has 0 N–H and O–H groups in total. The fourth-order valence-corrected chi connectivity index (χ4v) is 11.1. The number of hydrogen-bond acceptors (Lipinski definition) is 1. The Morgan fingerprint density at radius 3 is 1.26 bits per heavy atom. The largest absolute Gasteiger partial charge is 0.309 e. The Morgan fingerprint density at radius 2 is 0.710 bits per heavy atom. The molecular weight excluding hydrogens is 747 g/mol. The van der Waals surface area contributed by atoms with Crippen LogP contribution in [-0.4, -0.2) is 0 Å². The number of nitrogens with zero attached hydrogens (tertiary/aromatic N) is 1. The molecule has 0 saturated carbocycles.